The molecule has 0 saturated heterocycles. The summed E-state index contributed by atoms with van der Waals surface area (Å²) in [5.41, 5.74) is 1.70. The van der Waals surface area contributed by atoms with Crippen LogP contribution in [0.15, 0.2) is 36.5 Å². The van der Waals surface area contributed by atoms with Crippen LogP contribution in [0, 0.1) is 11.3 Å². The van der Waals surface area contributed by atoms with Crippen LogP contribution in [0.25, 0.3) is 5.57 Å². The second kappa shape index (κ2) is 5.87. The number of benzene rings is 1. The van der Waals surface area contributed by atoms with E-state index in [0.29, 0.717) is 0 Å². The van der Waals surface area contributed by atoms with Crippen LogP contribution in [0.1, 0.15) is 19.4 Å². The van der Waals surface area contributed by atoms with Crippen molar-refractivity contribution in [3.8, 4) is 6.07 Å². The molecule has 0 aromatic heterocycles. The van der Waals surface area contributed by atoms with Gasteiger partial charge in [-0.3, -0.25) is 0 Å². The van der Waals surface area contributed by atoms with Crippen LogP contribution in [0.3, 0.4) is 0 Å². The molecular weight excluding hydrogens is 184 g/mol. The summed E-state index contributed by atoms with van der Waals surface area (Å²) in [6, 6.07) is 12.0. The predicted molar refractivity (Wildman–Crippen MR) is 63.0 cm³/mol. The zero-order valence-corrected chi connectivity index (χ0v) is 9.27. The van der Waals surface area contributed by atoms with Crippen molar-refractivity contribution in [3.63, 3.8) is 0 Å². The van der Waals surface area contributed by atoms with Gasteiger partial charge in [0.15, 0.2) is 0 Å². The topological polar surface area (TPSA) is 27.0 Å². The SMILES string of the molecule is CCN(C=C(C#N)c1ccccc1)CC. The van der Waals surface area contributed by atoms with Gasteiger partial charge in [-0.05, 0) is 19.4 Å². The molecule has 0 fully saturated rings. The summed E-state index contributed by atoms with van der Waals surface area (Å²) in [7, 11) is 0. The van der Waals surface area contributed by atoms with E-state index < -0.39 is 0 Å². The lowest BCUT2D eigenvalue weighted by atomic mass is 10.1. The molecule has 0 spiro atoms. The molecule has 0 atom stereocenters. The first-order valence-electron chi connectivity index (χ1n) is 5.23. The third-order valence-electron chi connectivity index (χ3n) is 2.33. The fourth-order valence-electron chi connectivity index (χ4n) is 1.37. The zero-order valence-electron chi connectivity index (χ0n) is 9.27. The first-order chi connectivity index (χ1) is 7.31. The summed E-state index contributed by atoms with van der Waals surface area (Å²) in [5.74, 6) is 0. The second-order valence-electron chi connectivity index (χ2n) is 3.24. The fraction of sp³-hybridized carbons (Fsp3) is 0.308. The number of nitriles is 1. The van der Waals surface area contributed by atoms with Gasteiger partial charge < -0.3 is 4.90 Å². The zero-order chi connectivity index (χ0) is 11.1. The van der Waals surface area contributed by atoms with Crippen molar-refractivity contribution < 1.29 is 0 Å². The summed E-state index contributed by atoms with van der Waals surface area (Å²) in [6.45, 7) is 6.02. The molecule has 0 N–H and O–H groups in total. The Kier molecular flexibility index (Phi) is 4.43. The highest BCUT2D eigenvalue weighted by Gasteiger charge is 2.01. The van der Waals surface area contributed by atoms with Gasteiger partial charge in [-0.25, -0.2) is 0 Å². The Labute approximate surface area is 91.4 Å². The van der Waals surface area contributed by atoms with Gasteiger partial charge >= 0.3 is 0 Å². The number of rotatable bonds is 4. The van der Waals surface area contributed by atoms with E-state index in [0.717, 1.165) is 24.2 Å². The number of nitrogens with zero attached hydrogens (tertiary/aromatic N) is 2. The Morgan fingerprint density at radius 1 is 1.27 bits per heavy atom. The van der Waals surface area contributed by atoms with Gasteiger partial charge in [-0.15, -0.1) is 0 Å². The van der Waals surface area contributed by atoms with Gasteiger partial charge in [0.25, 0.3) is 0 Å². The average Bonchev–Trinajstić information content (AvgIpc) is 2.32. The van der Waals surface area contributed by atoms with Crippen LogP contribution in [-0.2, 0) is 0 Å². The first-order valence-corrected chi connectivity index (χ1v) is 5.23. The fourth-order valence-corrected chi connectivity index (χ4v) is 1.37. The van der Waals surface area contributed by atoms with Gasteiger partial charge in [0.1, 0.15) is 6.07 Å². The van der Waals surface area contributed by atoms with Crippen LogP contribution >= 0.6 is 0 Å². The van der Waals surface area contributed by atoms with Crippen molar-refractivity contribution in [2.75, 3.05) is 13.1 Å². The van der Waals surface area contributed by atoms with Crippen LogP contribution < -0.4 is 0 Å². The van der Waals surface area contributed by atoms with Crippen molar-refractivity contribution >= 4 is 5.57 Å². The van der Waals surface area contributed by atoms with Gasteiger partial charge in [0, 0.05) is 19.3 Å². The largest absolute Gasteiger partial charge is 0.377 e. The smallest absolute Gasteiger partial charge is 0.101 e. The quantitative estimate of drug-likeness (QED) is 0.699. The molecular formula is C13H16N2. The Hall–Kier alpha value is -1.75. The van der Waals surface area contributed by atoms with E-state index in [4.69, 9.17) is 5.26 Å². The highest BCUT2D eigenvalue weighted by atomic mass is 15.1. The van der Waals surface area contributed by atoms with E-state index in [1.54, 1.807) is 0 Å². The Bertz CT molecular complexity index is 356. The summed E-state index contributed by atoms with van der Waals surface area (Å²) in [6.07, 6.45) is 1.93. The minimum absolute atomic E-state index is 0.722. The van der Waals surface area contributed by atoms with E-state index in [1.807, 2.05) is 36.5 Å². The normalized spacial score (nSPS) is 10.9. The number of hydrogen-bond donors (Lipinski definition) is 0. The first kappa shape index (κ1) is 11.3. The maximum absolute atomic E-state index is 9.07. The Balaban J connectivity index is 2.95. The molecule has 1 aromatic carbocycles. The highest BCUT2D eigenvalue weighted by Crippen LogP contribution is 2.13. The molecule has 0 radical (unpaired) electrons. The Morgan fingerprint density at radius 3 is 2.33 bits per heavy atom. The minimum Gasteiger partial charge on any atom is -0.377 e. The maximum Gasteiger partial charge on any atom is 0.101 e. The monoisotopic (exact) mass is 200 g/mol. The lowest BCUT2D eigenvalue weighted by Gasteiger charge is -2.15. The van der Waals surface area contributed by atoms with E-state index in [-0.39, 0.29) is 0 Å². The molecule has 0 amide bonds. The Morgan fingerprint density at radius 2 is 1.87 bits per heavy atom. The van der Waals surface area contributed by atoms with E-state index >= 15 is 0 Å². The third kappa shape index (κ3) is 3.14. The van der Waals surface area contributed by atoms with Crippen LogP contribution in [0.5, 0.6) is 0 Å². The van der Waals surface area contributed by atoms with Crippen molar-refractivity contribution in [2.45, 2.75) is 13.8 Å². The van der Waals surface area contributed by atoms with E-state index in [9.17, 15) is 0 Å². The molecule has 2 nitrogen and oxygen atoms in total. The number of hydrogen-bond acceptors (Lipinski definition) is 2. The predicted octanol–water partition coefficient (Wildman–Crippen LogP) is 2.89. The second-order valence-corrected chi connectivity index (χ2v) is 3.24. The molecule has 15 heavy (non-hydrogen) atoms. The van der Waals surface area contributed by atoms with Crippen molar-refractivity contribution in [1.29, 1.82) is 5.26 Å². The van der Waals surface area contributed by atoms with E-state index in [1.165, 1.54) is 0 Å². The summed E-state index contributed by atoms with van der Waals surface area (Å²) in [4.78, 5) is 2.12. The molecule has 0 saturated carbocycles. The molecule has 0 aliphatic carbocycles. The maximum atomic E-state index is 9.07. The van der Waals surface area contributed by atoms with Crippen molar-refractivity contribution in [2.24, 2.45) is 0 Å². The van der Waals surface area contributed by atoms with Gasteiger partial charge in [0.2, 0.25) is 0 Å². The van der Waals surface area contributed by atoms with Crippen LogP contribution in [0.2, 0.25) is 0 Å². The summed E-state index contributed by atoms with van der Waals surface area (Å²) >= 11 is 0. The van der Waals surface area contributed by atoms with Gasteiger partial charge in [-0.2, -0.15) is 5.26 Å². The standard InChI is InChI=1S/C13H16N2/c1-3-15(4-2)11-13(10-14)12-8-6-5-7-9-12/h5-9,11H,3-4H2,1-2H3. The van der Waals surface area contributed by atoms with Gasteiger partial charge in [0.05, 0.1) is 5.57 Å². The third-order valence-corrected chi connectivity index (χ3v) is 2.33. The van der Waals surface area contributed by atoms with Crippen LogP contribution in [0.4, 0.5) is 0 Å². The average molecular weight is 200 g/mol. The molecule has 0 aliphatic rings. The molecule has 2 heteroatoms. The molecule has 0 unspecified atom stereocenters. The lowest BCUT2D eigenvalue weighted by Crippen LogP contribution is -2.15. The molecule has 1 aromatic rings. The molecule has 1 rings (SSSR count). The highest BCUT2D eigenvalue weighted by molar-refractivity contribution is 5.76. The summed E-state index contributed by atoms with van der Waals surface area (Å²) in [5, 5.41) is 9.07. The molecule has 78 valence electrons. The van der Waals surface area contributed by atoms with Crippen molar-refractivity contribution in [1.82, 2.24) is 4.90 Å². The van der Waals surface area contributed by atoms with Gasteiger partial charge in [-0.1, -0.05) is 30.3 Å². The van der Waals surface area contributed by atoms with E-state index in [2.05, 4.69) is 24.8 Å². The van der Waals surface area contributed by atoms with Crippen molar-refractivity contribution in [3.05, 3.63) is 42.1 Å². The number of allylic oxidation sites excluding steroid dienone is 1. The summed E-state index contributed by atoms with van der Waals surface area (Å²) < 4.78 is 0. The molecule has 0 aliphatic heterocycles. The molecule has 0 bridgehead atoms. The molecule has 0 heterocycles. The lowest BCUT2D eigenvalue weighted by molar-refractivity contribution is 0.420. The minimum atomic E-state index is 0.722. The van der Waals surface area contributed by atoms with Crippen LogP contribution in [-0.4, -0.2) is 18.0 Å².